The molecule has 0 saturated carbocycles. The van der Waals surface area contributed by atoms with Crippen molar-refractivity contribution in [3.63, 3.8) is 0 Å². The van der Waals surface area contributed by atoms with Crippen LogP contribution in [0.25, 0.3) is 90.9 Å². The SMILES string of the molecule is CC(=O)SCc1ccc(C#Cc2ccc(-c3c4nc(c(-c5ccc(C)cc5)c5ccc([nH]5)c(-c5ccc(C#Cc6ccc(CSC(C)=O)cc6)cc5)c5nc(c(-c6ccc(C)cc6)c6ccc3[nH]6)C=C5)C=C4)cc2)cc1. The largest absolute Gasteiger partial charge is 0.354 e. The Balaban J connectivity index is 1.07. The average molecular weight is 1020 g/mol. The molecule has 5 heterocycles. The fourth-order valence-corrected chi connectivity index (χ4v) is 10.5. The predicted molar refractivity (Wildman–Crippen MR) is 319 cm³/mol. The van der Waals surface area contributed by atoms with Gasteiger partial charge in [-0.25, -0.2) is 9.97 Å². The number of benzene rings is 6. The molecule has 9 aromatic rings. The summed E-state index contributed by atoms with van der Waals surface area (Å²) in [6.07, 6.45) is 8.49. The van der Waals surface area contributed by atoms with Gasteiger partial charge in [-0.3, -0.25) is 9.59 Å². The molecular weight excluding hydrogens is 969 g/mol. The number of nitrogens with one attached hydrogen (secondary N) is 2. The average Bonchev–Trinajstić information content (AvgIpc) is 4.30. The Labute approximate surface area is 451 Å². The second kappa shape index (κ2) is 21.9. The molecule has 3 aromatic heterocycles. The molecule has 0 amide bonds. The molecular formula is C68H50N4O2S2. The Morgan fingerprint density at radius 3 is 0.882 bits per heavy atom. The van der Waals surface area contributed by atoms with Gasteiger partial charge in [0.15, 0.2) is 10.2 Å². The predicted octanol–water partition coefficient (Wildman–Crippen LogP) is 16.3. The van der Waals surface area contributed by atoms with Crippen molar-refractivity contribution in [1.82, 2.24) is 19.9 Å². The Hall–Kier alpha value is -8.92. The van der Waals surface area contributed by atoms with Gasteiger partial charge < -0.3 is 9.97 Å². The minimum absolute atomic E-state index is 0.108. The van der Waals surface area contributed by atoms with Crippen LogP contribution in [0.15, 0.2) is 170 Å². The highest BCUT2D eigenvalue weighted by molar-refractivity contribution is 8.13. The summed E-state index contributed by atoms with van der Waals surface area (Å²) < 4.78 is 0. The van der Waals surface area contributed by atoms with Crippen molar-refractivity contribution in [2.45, 2.75) is 39.2 Å². The lowest BCUT2D eigenvalue weighted by atomic mass is 10.0. The van der Waals surface area contributed by atoms with Crippen molar-refractivity contribution >= 4 is 80.1 Å². The molecule has 0 aliphatic carbocycles. The summed E-state index contributed by atoms with van der Waals surface area (Å²) in [5.41, 5.74) is 23.1. The molecule has 0 unspecified atom stereocenters. The minimum atomic E-state index is 0.108. The maximum atomic E-state index is 11.5. The molecule has 8 heteroatoms. The fraction of sp³-hybridized carbons (Fsp3) is 0.0882. The van der Waals surface area contributed by atoms with E-state index >= 15 is 0 Å². The number of aromatic amines is 2. The minimum Gasteiger partial charge on any atom is -0.354 e. The van der Waals surface area contributed by atoms with Crippen molar-refractivity contribution in [3.8, 4) is 68.2 Å². The molecule has 76 heavy (non-hydrogen) atoms. The second-order valence-electron chi connectivity index (χ2n) is 18.8. The van der Waals surface area contributed by atoms with E-state index < -0.39 is 0 Å². The summed E-state index contributed by atoms with van der Waals surface area (Å²) >= 11 is 2.62. The van der Waals surface area contributed by atoms with E-state index in [2.05, 4.69) is 193 Å². The number of H-pyrrole nitrogens is 2. The third-order valence-electron chi connectivity index (χ3n) is 13.3. The van der Waals surface area contributed by atoms with E-state index in [4.69, 9.17) is 9.97 Å². The van der Waals surface area contributed by atoms with E-state index in [1.165, 1.54) is 34.7 Å². The van der Waals surface area contributed by atoms with Crippen molar-refractivity contribution < 1.29 is 9.59 Å². The number of aromatic nitrogens is 4. The van der Waals surface area contributed by atoms with Crippen LogP contribution in [0.4, 0.5) is 0 Å². The topological polar surface area (TPSA) is 91.5 Å². The zero-order valence-electron chi connectivity index (χ0n) is 42.4. The number of carbonyl (C=O) groups excluding carboxylic acids is 2. The highest BCUT2D eigenvalue weighted by Gasteiger charge is 2.19. The van der Waals surface area contributed by atoms with Crippen molar-refractivity contribution in [2.75, 3.05) is 0 Å². The van der Waals surface area contributed by atoms with Crippen LogP contribution in [0.2, 0.25) is 0 Å². The number of thioether (sulfide) groups is 2. The fourth-order valence-electron chi connectivity index (χ4n) is 9.33. The van der Waals surface area contributed by atoms with E-state index in [-0.39, 0.29) is 10.2 Å². The Kier molecular flexibility index (Phi) is 14.2. The van der Waals surface area contributed by atoms with Crippen LogP contribution < -0.4 is 0 Å². The quantitative estimate of drug-likeness (QED) is 0.147. The Bertz CT molecular complexity index is 3820. The molecule has 2 N–H and O–H groups in total. The first-order valence-electron chi connectivity index (χ1n) is 25.1. The summed E-state index contributed by atoms with van der Waals surface area (Å²) in [5.74, 6) is 14.7. The molecule has 0 spiro atoms. The highest BCUT2D eigenvalue weighted by atomic mass is 32.2. The summed E-state index contributed by atoms with van der Waals surface area (Å²) in [4.78, 5) is 41.7. The molecule has 0 radical (unpaired) electrons. The first-order valence-corrected chi connectivity index (χ1v) is 27.0. The van der Waals surface area contributed by atoms with Gasteiger partial charge in [0.1, 0.15) is 0 Å². The number of hydrogen-bond acceptors (Lipinski definition) is 6. The molecule has 6 nitrogen and oxygen atoms in total. The van der Waals surface area contributed by atoms with Gasteiger partial charge in [0.2, 0.25) is 0 Å². The number of rotatable bonds is 8. The smallest absolute Gasteiger partial charge is 0.186 e. The highest BCUT2D eigenvalue weighted by Crippen LogP contribution is 2.39. The van der Waals surface area contributed by atoms with Gasteiger partial charge in [-0.15, -0.1) is 0 Å². The molecule has 8 bridgehead atoms. The zero-order valence-corrected chi connectivity index (χ0v) is 44.0. The van der Waals surface area contributed by atoms with Crippen LogP contribution in [0, 0.1) is 37.5 Å². The number of aryl methyl sites for hydroxylation is 2. The standard InChI is InChI=1S/C68H50N4O2S2/c1-43-5-25-53(26-6-43)65-57-33-37-61(69-57)67(55-29-21-49(22-30-55)11-9-47-13-17-51(18-14-47)41-75-45(3)73)63-39-35-59(71-63)66(54-27-7-44(2)8-28-54)60-36-40-64(72-60)68(62-38-34-58(65)70-62)56-31-23-50(24-32-56)12-10-48-15-19-52(20-16-48)42-76-46(4)74/h5-8,13-40,69,72H,41-42H2,1-4H3. The summed E-state index contributed by atoms with van der Waals surface area (Å²) in [5, 5.41) is 0.217. The van der Waals surface area contributed by atoms with Crippen molar-refractivity contribution in [3.05, 3.63) is 237 Å². The summed E-state index contributed by atoms with van der Waals surface area (Å²) in [7, 11) is 0. The van der Waals surface area contributed by atoms with Crippen LogP contribution in [0.5, 0.6) is 0 Å². The monoisotopic (exact) mass is 1020 g/mol. The lowest BCUT2D eigenvalue weighted by Crippen LogP contribution is -1.90. The third kappa shape index (κ3) is 11.1. The van der Waals surface area contributed by atoms with Gasteiger partial charge in [0, 0.05) is 91.9 Å². The number of carbonyl (C=O) groups is 2. The van der Waals surface area contributed by atoms with Gasteiger partial charge in [-0.2, -0.15) is 0 Å². The first-order chi connectivity index (χ1) is 37.1. The molecule has 6 aromatic carbocycles. The van der Waals surface area contributed by atoms with Gasteiger partial charge >= 0.3 is 0 Å². The maximum Gasteiger partial charge on any atom is 0.186 e. The number of nitrogens with zero attached hydrogens (tertiary/aromatic N) is 2. The normalized spacial score (nSPS) is 11.4. The summed E-state index contributed by atoms with van der Waals surface area (Å²) in [6, 6.07) is 58.8. The third-order valence-corrected chi connectivity index (χ3v) is 15.0. The van der Waals surface area contributed by atoms with Crippen molar-refractivity contribution in [1.29, 1.82) is 0 Å². The van der Waals surface area contributed by atoms with Gasteiger partial charge in [-0.05, 0) is 144 Å². The van der Waals surface area contributed by atoms with Crippen LogP contribution in [0.1, 0.15) is 81.1 Å². The zero-order chi connectivity index (χ0) is 52.1. The molecule has 2 aliphatic heterocycles. The van der Waals surface area contributed by atoms with E-state index in [1.807, 2.05) is 48.5 Å². The lowest BCUT2D eigenvalue weighted by molar-refractivity contribution is -0.109. The van der Waals surface area contributed by atoms with Crippen LogP contribution >= 0.6 is 23.5 Å². The van der Waals surface area contributed by atoms with Crippen molar-refractivity contribution in [2.24, 2.45) is 0 Å². The van der Waals surface area contributed by atoms with Crippen LogP contribution in [-0.2, 0) is 21.1 Å². The lowest BCUT2D eigenvalue weighted by Gasteiger charge is -2.07. The van der Waals surface area contributed by atoms with Crippen LogP contribution in [0.3, 0.4) is 0 Å². The Morgan fingerprint density at radius 1 is 0.368 bits per heavy atom. The number of hydrogen-bond donors (Lipinski definition) is 2. The molecule has 2 aliphatic rings. The second-order valence-corrected chi connectivity index (χ2v) is 21.1. The maximum absolute atomic E-state index is 11.5. The molecule has 0 atom stereocenters. The van der Waals surface area contributed by atoms with E-state index in [9.17, 15) is 9.59 Å². The molecule has 0 fully saturated rings. The molecule has 11 rings (SSSR count). The molecule has 0 saturated heterocycles. The Morgan fingerprint density at radius 2 is 0.618 bits per heavy atom. The van der Waals surface area contributed by atoms with E-state index in [0.717, 1.165) is 123 Å². The summed E-state index contributed by atoms with van der Waals surface area (Å²) in [6.45, 7) is 7.40. The van der Waals surface area contributed by atoms with E-state index in [0.29, 0.717) is 11.5 Å². The number of fused-ring (bicyclic) bond motifs is 8. The van der Waals surface area contributed by atoms with Gasteiger partial charge in [0.25, 0.3) is 0 Å². The van der Waals surface area contributed by atoms with Crippen LogP contribution in [-0.4, -0.2) is 30.2 Å². The van der Waals surface area contributed by atoms with Gasteiger partial charge in [0.05, 0.1) is 22.8 Å². The molecule has 366 valence electrons. The van der Waals surface area contributed by atoms with Gasteiger partial charge in [-0.1, -0.05) is 155 Å². The first kappa shape index (κ1) is 49.3. The van der Waals surface area contributed by atoms with E-state index in [1.54, 1.807) is 13.8 Å².